The van der Waals surface area contributed by atoms with Gasteiger partial charge >= 0.3 is 5.97 Å². The molecule has 0 aliphatic carbocycles. The summed E-state index contributed by atoms with van der Waals surface area (Å²) >= 11 is 0. The quantitative estimate of drug-likeness (QED) is 0.534. The van der Waals surface area contributed by atoms with Gasteiger partial charge in [-0.15, -0.1) is 0 Å². The molecule has 52 valence electrons. The Hall–Kier alpha value is -0.830. The van der Waals surface area contributed by atoms with E-state index in [-0.39, 0.29) is 6.54 Å². The zero-order chi connectivity index (χ0) is 7.28. The topological polar surface area (TPSA) is 49.3 Å². The van der Waals surface area contributed by atoms with Crippen molar-refractivity contribution in [3.8, 4) is 0 Å². The van der Waals surface area contributed by atoms with Crippen molar-refractivity contribution >= 4 is 5.97 Å². The second-order valence-electron chi connectivity index (χ2n) is 1.95. The molecule has 0 saturated carbocycles. The van der Waals surface area contributed by atoms with E-state index in [1.807, 2.05) is 6.92 Å². The lowest BCUT2D eigenvalue weighted by Gasteiger charge is -1.97. The van der Waals surface area contributed by atoms with E-state index < -0.39 is 5.97 Å². The molecule has 0 aromatic heterocycles. The van der Waals surface area contributed by atoms with E-state index in [2.05, 4.69) is 11.9 Å². The molecule has 0 amide bonds. The van der Waals surface area contributed by atoms with Crippen LogP contribution in [0.1, 0.15) is 6.92 Å². The number of hydrogen-bond acceptors (Lipinski definition) is 2. The maximum atomic E-state index is 9.89. The number of carboxylic acid groups (broad SMARTS) is 1. The molecule has 0 radical (unpaired) electrons. The van der Waals surface area contributed by atoms with Crippen molar-refractivity contribution in [1.82, 2.24) is 5.32 Å². The largest absolute Gasteiger partial charge is 0.480 e. The van der Waals surface area contributed by atoms with E-state index in [0.717, 1.165) is 5.57 Å². The Balaban J connectivity index is 3.10. The lowest BCUT2D eigenvalue weighted by molar-refractivity contribution is -0.135. The van der Waals surface area contributed by atoms with Crippen LogP contribution in [0.3, 0.4) is 0 Å². The molecule has 0 aliphatic heterocycles. The normalized spacial score (nSPS) is 9.00. The summed E-state index contributed by atoms with van der Waals surface area (Å²) in [6, 6.07) is 0. The maximum absolute atomic E-state index is 9.89. The average Bonchev–Trinajstić information content (AvgIpc) is 1.63. The highest BCUT2D eigenvalue weighted by atomic mass is 16.4. The van der Waals surface area contributed by atoms with Gasteiger partial charge in [0.25, 0.3) is 0 Å². The molecule has 0 aromatic rings. The monoisotopic (exact) mass is 129 g/mol. The summed E-state index contributed by atoms with van der Waals surface area (Å²) < 4.78 is 0. The average molecular weight is 129 g/mol. The van der Waals surface area contributed by atoms with Crippen LogP contribution in [0.4, 0.5) is 0 Å². The predicted molar refractivity (Wildman–Crippen MR) is 35.3 cm³/mol. The number of aliphatic carboxylic acids is 1. The number of rotatable bonds is 4. The van der Waals surface area contributed by atoms with Crippen LogP contribution < -0.4 is 5.32 Å². The molecule has 0 aromatic carbocycles. The molecule has 0 unspecified atom stereocenters. The van der Waals surface area contributed by atoms with Crippen molar-refractivity contribution < 1.29 is 9.90 Å². The molecule has 2 N–H and O–H groups in total. The van der Waals surface area contributed by atoms with Crippen LogP contribution in [0.25, 0.3) is 0 Å². The molecule has 0 rings (SSSR count). The maximum Gasteiger partial charge on any atom is 0.317 e. The van der Waals surface area contributed by atoms with E-state index in [0.29, 0.717) is 6.54 Å². The highest BCUT2D eigenvalue weighted by molar-refractivity contribution is 5.69. The number of carbonyl (C=O) groups is 1. The molecule has 0 aliphatic rings. The molecule has 9 heavy (non-hydrogen) atoms. The highest BCUT2D eigenvalue weighted by Crippen LogP contribution is 1.79. The third-order valence-electron chi connectivity index (χ3n) is 0.703. The molecule has 0 heterocycles. The van der Waals surface area contributed by atoms with Gasteiger partial charge in [-0.05, 0) is 6.92 Å². The summed E-state index contributed by atoms with van der Waals surface area (Å²) in [5.74, 6) is -0.837. The molecule has 0 bridgehead atoms. The Morgan fingerprint density at radius 2 is 2.22 bits per heavy atom. The summed E-state index contributed by atoms with van der Waals surface area (Å²) in [4.78, 5) is 9.89. The molecule has 0 fully saturated rings. The van der Waals surface area contributed by atoms with Crippen molar-refractivity contribution in [3.63, 3.8) is 0 Å². The summed E-state index contributed by atoms with van der Waals surface area (Å²) in [6.45, 7) is 6.02. The van der Waals surface area contributed by atoms with Gasteiger partial charge in [0.15, 0.2) is 0 Å². The Kier molecular flexibility index (Phi) is 3.71. The lowest BCUT2D eigenvalue weighted by Crippen LogP contribution is -2.23. The minimum Gasteiger partial charge on any atom is -0.480 e. The first-order valence-corrected chi connectivity index (χ1v) is 2.70. The van der Waals surface area contributed by atoms with Crippen molar-refractivity contribution in [2.45, 2.75) is 6.92 Å². The SMILES string of the molecule is C=C(C)CNCC(=O)O. The van der Waals surface area contributed by atoms with Crippen molar-refractivity contribution in [2.75, 3.05) is 13.1 Å². The Morgan fingerprint density at radius 1 is 1.67 bits per heavy atom. The minimum absolute atomic E-state index is 0.00681. The molecular weight excluding hydrogens is 118 g/mol. The lowest BCUT2D eigenvalue weighted by atomic mass is 10.3. The zero-order valence-corrected chi connectivity index (χ0v) is 5.48. The van der Waals surface area contributed by atoms with Crippen LogP contribution in [-0.2, 0) is 4.79 Å². The van der Waals surface area contributed by atoms with Crippen molar-refractivity contribution in [3.05, 3.63) is 12.2 Å². The fourth-order valence-corrected chi connectivity index (χ4v) is 0.383. The number of nitrogens with one attached hydrogen (secondary N) is 1. The molecule has 3 heteroatoms. The predicted octanol–water partition coefficient (Wildman–Crippen LogP) is 0.237. The fourth-order valence-electron chi connectivity index (χ4n) is 0.383. The van der Waals surface area contributed by atoms with Crippen LogP contribution >= 0.6 is 0 Å². The fraction of sp³-hybridized carbons (Fsp3) is 0.500. The highest BCUT2D eigenvalue weighted by Gasteiger charge is 1.92. The molecular formula is C6H11NO2. The Morgan fingerprint density at radius 3 is 2.56 bits per heavy atom. The molecule has 3 nitrogen and oxygen atoms in total. The van der Waals surface area contributed by atoms with Gasteiger partial charge in [0.1, 0.15) is 0 Å². The minimum atomic E-state index is -0.837. The number of hydrogen-bond donors (Lipinski definition) is 2. The third kappa shape index (κ3) is 7.17. The van der Waals surface area contributed by atoms with Gasteiger partial charge in [-0.2, -0.15) is 0 Å². The second-order valence-corrected chi connectivity index (χ2v) is 1.95. The summed E-state index contributed by atoms with van der Waals surface area (Å²) in [6.07, 6.45) is 0. The number of carboxylic acids is 1. The van der Waals surface area contributed by atoms with E-state index >= 15 is 0 Å². The van der Waals surface area contributed by atoms with E-state index in [9.17, 15) is 4.79 Å². The zero-order valence-electron chi connectivity index (χ0n) is 5.48. The van der Waals surface area contributed by atoms with Gasteiger partial charge in [-0.1, -0.05) is 12.2 Å². The first-order chi connectivity index (χ1) is 4.13. The van der Waals surface area contributed by atoms with Crippen LogP contribution in [0.5, 0.6) is 0 Å². The van der Waals surface area contributed by atoms with Gasteiger partial charge in [0.2, 0.25) is 0 Å². The molecule has 0 saturated heterocycles. The van der Waals surface area contributed by atoms with Gasteiger partial charge in [-0.25, -0.2) is 0 Å². The van der Waals surface area contributed by atoms with Gasteiger partial charge in [0, 0.05) is 6.54 Å². The van der Waals surface area contributed by atoms with Crippen LogP contribution in [0, 0.1) is 0 Å². The summed E-state index contributed by atoms with van der Waals surface area (Å²) in [5, 5.41) is 10.8. The molecule has 0 spiro atoms. The van der Waals surface area contributed by atoms with E-state index in [4.69, 9.17) is 5.11 Å². The van der Waals surface area contributed by atoms with Crippen LogP contribution in [-0.4, -0.2) is 24.2 Å². The van der Waals surface area contributed by atoms with Gasteiger partial charge < -0.3 is 10.4 Å². The van der Waals surface area contributed by atoms with Crippen molar-refractivity contribution in [2.24, 2.45) is 0 Å². The Labute approximate surface area is 54.4 Å². The van der Waals surface area contributed by atoms with E-state index in [1.165, 1.54) is 0 Å². The first-order valence-electron chi connectivity index (χ1n) is 2.70. The third-order valence-corrected chi connectivity index (χ3v) is 0.703. The van der Waals surface area contributed by atoms with Gasteiger partial charge in [0.05, 0.1) is 6.54 Å². The standard InChI is InChI=1S/C6H11NO2/c1-5(2)3-7-4-6(8)9/h7H,1,3-4H2,2H3,(H,8,9). The van der Waals surface area contributed by atoms with Gasteiger partial charge in [-0.3, -0.25) is 4.79 Å². The summed E-state index contributed by atoms with van der Waals surface area (Å²) in [7, 11) is 0. The summed E-state index contributed by atoms with van der Waals surface area (Å²) in [5.41, 5.74) is 0.941. The smallest absolute Gasteiger partial charge is 0.317 e. The van der Waals surface area contributed by atoms with Crippen molar-refractivity contribution in [1.29, 1.82) is 0 Å². The molecule has 0 atom stereocenters. The first kappa shape index (κ1) is 8.17. The second kappa shape index (κ2) is 4.09. The van der Waals surface area contributed by atoms with Crippen LogP contribution in [0.15, 0.2) is 12.2 Å². The Bertz CT molecular complexity index is 106. The van der Waals surface area contributed by atoms with Crippen LogP contribution in [0.2, 0.25) is 0 Å². The van der Waals surface area contributed by atoms with E-state index in [1.54, 1.807) is 0 Å².